The Kier molecular flexibility index (Phi) is 4.04. The van der Waals surface area contributed by atoms with Crippen LogP contribution < -0.4 is 0 Å². The first-order chi connectivity index (χ1) is 15.2. The molecular weight excluding hydrogens is 400 g/mol. The average molecular weight is 419 g/mol. The summed E-state index contributed by atoms with van der Waals surface area (Å²) in [5.74, 6) is 0. The fourth-order valence-electron chi connectivity index (χ4n) is 4.93. The van der Waals surface area contributed by atoms with Crippen molar-refractivity contribution in [2.45, 2.75) is 5.60 Å². The Labute approximate surface area is 186 Å². The molecule has 0 aliphatic heterocycles. The van der Waals surface area contributed by atoms with Gasteiger partial charge in [0.15, 0.2) is 0 Å². The largest absolute Gasteiger partial charge is 0.376 e. The predicted octanol–water partition coefficient (Wildman–Crippen LogP) is 7.42. The van der Waals surface area contributed by atoms with Gasteiger partial charge in [-0.05, 0) is 51.2 Å². The van der Waals surface area contributed by atoms with Crippen LogP contribution in [0.3, 0.4) is 0 Å². The summed E-state index contributed by atoms with van der Waals surface area (Å²) in [6.07, 6.45) is 0. The van der Waals surface area contributed by atoms with E-state index in [1.54, 1.807) is 0 Å². The van der Waals surface area contributed by atoms with Crippen LogP contribution in [0.2, 0.25) is 5.02 Å². The first-order valence-corrected chi connectivity index (χ1v) is 10.7. The van der Waals surface area contributed by atoms with Gasteiger partial charge in [-0.2, -0.15) is 0 Å². The predicted molar refractivity (Wildman–Crippen MR) is 128 cm³/mol. The topological polar surface area (TPSA) is 20.2 Å². The van der Waals surface area contributed by atoms with Crippen molar-refractivity contribution in [2.24, 2.45) is 0 Å². The van der Waals surface area contributed by atoms with E-state index >= 15 is 0 Å². The van der Waals surface area contributed by atoms with Gasteiger partial charge in [0.1, 0.15) is 5.60 Å². The average Bonchev–Trinajstić information content (AvgIpc) is 3.08. The number of halogens is 1. The quantitative estimate of drug-likeness (QED) is 0.316. The third kappa shape index (κ3) is 2.68. The summed E-state index contributed by atoms with van der Waals surface area (Å²) in [4.78, 5) is 0. The lowest BCUT2D eigenvalue weighted by atomic mass is 9.80. The number of aliphatic hydroxyl groups is 1. The van der Waals surface area contributed by atoms with Crippen LogP contribution >= 0.6 is 11.6 Å². The minimum atomic E-state index is -1.28. The highest BCUT2D eigenvalue weighted by molar-refractivity contribution is 6.30. The van der Waals surface area contributed by atoms with Gasteiger partial charge in [-0.25, -0.2) is 0 Å². The fraction of sp³-hybridized carbons (Fsp3) is 0.0345. The van der Waals surface area contributed by atoms with Gasteiger partial charge in [0.05, 0.1) is 0 Å². The maximum absolute atomic E-state index is 12.4. The van der Waals surface area contributed by atoms with E-state index in [0.29, 0.717) is 5.02 Å². The summed E-state index contributed by atoms with van der Waals surface area (Å²) in [7, 11) is 0. The Morgan fingerprint density at radius 1 is 0.516 bits per heavy atom. The molecule has 6 rings (SSSR count). The molecule has 1 N–H and O–H groups in total. The number of rotatable bonds is 2. The molecule has 0 saturated heterocycles. The first-order valence-electron chi connectivity index (χ1n) is 10.4. The zero-order chi connectivity index (χ0) is 21.0. The molecule has 0 spiro atoms. The second kappa shape index (κ2) is 6.81. The molecule has 0 amide bonds. The molecule has 148 valence electrons. The molecule has 0 fully saturated rings. The summed E-state index contributed by atoms with van der Waals surface area (Å²) in [6, 6.07) is 36.8. The van der Waals surface area contributed by atoms with Gasteiger partial charge >= 0.3 is 0 Å². The minimum Gasteiger partial charge on any atom is -0.376 e. The van der Waals surface area contributed by atoms with E-state index in [2.05, 4.69) is 54.6 Å². The molecule has 2 heteroatoms. The molecule has 0 bridgehead atoms. The van der Waals surface area contributed by atoms with E-state index in [0.717, 1.165) is 38.9 Å². The minimum absolute atomic E-state index is 0.619. The molecule has 5 aromatic rings. The van der Waals surface area contributed by atoms with Crippen molar-refractivity contribution in [3.63, 3.8) is 0 Å². The molecule has 0 saturated carbocycles. The highest BCUT2D eigenvalue weighted by Gasteiger charge is 2.44. The first kappa shape index (κ1) is 18.4. The summed E-state index contributed by atoms with van der Waals surface area (Å²) < 4.78 is 0. The lowest BCUT2D eigenvalue weighted by molar-refractivity contribution is 0.131. The highest BCUT2D eigenvalue weighted by atomic mass is 35.5. The Morgan fingerprint density at radius 2 is 1.13 bits per heavy atom. The second-order valence-corrected chi connectivity index (χ2v) is 8.49. The monoisotopic (exact) mass is 418 g/mol. The zero-order valence-electron chi connectivity index (χ0n) is 16.7. The molecule has 1 aliphatic carbocycles. The van der Waals surface area contributed by atoms with Crippen LogP contribution in [0.5, 0.6) is 0 Å². The van der Waals surface area contributed by atoms with Crippen molar-refractivity contribution in [3.05, 3.63) is 131 Å². The summed E-state index contributed by atoms with van der Waals surface area (Å²) in [5.41, 5.74) is 5.46. The molecule has 0 aromatic heterocycles. The van der Waals surface area contributed by atoms with Gasteiger partial charge in [0.2, 0.25) is 0 Å². The normalized spacial score (nSPS) is 16.8. The smallest absolute Gasteiger partial charge is 0.142 e. The molecule has 31 heavy (non-hydrogen) atoms. The van der Waals surface area contributed by atoms with E-state index in [9.17, 15) is 5.11 Å². The van der Waals surface area contributed by atoms with Gasteiger partial charge in [0.25, 0.3) is 0 Å². The molecular formula is C29H19ClO. The van der Waals surface area contributed by atoms with Crippen LogP contribution in [-0.4, -0.2) is 5.11 Å². The number of hydrogen-bond donors (Lipinski definition) is 1. The van der Waals surface area contributed by atoms with Crippen molar-refractivity contribution in [1.82, 2.24) is 0 Å². The third-order valence-electron chi connectivity index (χ3n) is 6.36. The molecule has 0 radical (unpaired) electrons. The molecule has 1 nitrogen and oxygen atoms in total. The Morgan fingerprint density at radius 3 is 1.94 bits per heavy atom. The van der Waals surface area contributed by atoms with Crippen LogP contribution in [0.15, 0.2) is 109 Å². The lowest BCUT2D eigenvalue weighted by Gasteiger charge is -2.29. The second-order valence-electron chi connectivity index (χ2n) is 8.05. The lowest BCUT2D eigenvalue weighted by Crippen LogP contribution is -2.27. The summed E-state index contributed by atoms with van der Waals surface area (Å²) >= 11 is 6.39. The van der Waals surface area contributed by atoms with Gasteiger partial charge in [0, 0.05) is 21.7 Å². The van der Waals surface area contributed by atoms with E-state index in [1.165, 1.54) is 10.8 Å². The van der Waals surface area contributed by atoms with Gasteiger partial charge in [-0.15, -0.1) is 0 Å². The Balaban J connectivity index is 1.65. The van der Waals surface area contributed by atoms with Gasteiger partial charge in [-0.3, -0.25) is 0 Å². The van der Waals surface area contributed by atoms with Crippen LogP contribution in [0, 0.1) is 0 Å². The molecule has 1 aliphatic rings. The molecule has 1 unspecified atom stereocenters. The number of hydrogen-bond acceptors (Lipinski definition) is 1. The Hall–Kier alpha value is -3.39. The zero-order valence-corrected chi connectivity index (χ0v) is 17.5. The van der Waals surface area contributed by atoms with Crippen molar-refractivity contribution in [2.75, 3.05) is 0 Å². The van der Waals surface area contributed by atoms with Crippen molar-refractivity contribution >= 4 is 22.4 Å². The molecule has 5 aromatic carbocycles. The molecule has 1 atom stereocenters. The van der Waals surface area contributed by atoms with Crippen LogP contribution in [0.1, 0.15) is 16.7 Å². The van der Waals surface area contributed by atoms with Crippen LogP contribution in [0.25, 0.3) is 33.0 Å². The van der Waals surface area contributed by atoms with Crippen LogP contribution in [-0.2, 0) is 5.60 Å². The SMILES string of the molecule is OC1(c2ccccc2-c2ccc3ccccc3c2)c2ccccc2-c2ccc(Cl)cc21. The standard InChI is InChI=1S/C29H19ClO/c30-22-15-16-25-24-10-4-6-12-27(24)29(31,28(25)18-22)26-11-5-3-9-23(26)21-14-13-19-7-1-2-8-20(19)17-21/h1-18,31H. The van der Waals surface area contributed by atoms with Crippen molar-refractivity contribution in [1.29, 1.82) is 0 Å². The van der Waals surface area contributed by atoms with E-state index in [-0.39, 0.29) is 0 Å². The third-order valence-corrected chi connectivity index (χ3v) is 6.59. The van der Waals surface area contributed by atoms with E-state index in [1.807, 2.05) is 54.6 Å². The number of benzene rings is 5. The summed E-state index contributed by atoms with van der Waals surface area (Å²) in [6.45, 7) is 0. The fourth-order valence-corrected chi connectivity index (χ4v) is 5.10. The van der Waals surface area contributed by atoms with Gasteiger partial charge < -0.3 is 5.11 Å². The highest BCUT2D eigenvalue weighted by Crippen LogP contribution is 2.53. The van der Waals surface area contributed by atoms with Crippen molar-refractivity contribution < 1.29 is 5.11 Å². The van der Waals surface area contributed by atoms with Crippen LogP contribution in [0.4, 0.5) is 0 Å². The maximum atomic E-state index is 12.4. The van der Waals surface area contributed by atoms with Crippen molar-refractivity contribution in [3.8, 4) is 22.3 Å². The van der Waals surface area contributed by atoms with Gasteiger partial charge in [-0.1, -0.05) is 103 Å². The number of fused-ring (bicyclic) bond motifs is 4. The summed E-state index contributed by atoms with van der Waals surface area (Å²) in [5, 5.41) is 15.4. The Bertz CT molecular complexity index is 1470. The van der Waals surface area contributed by atoms with E-state index < -0.39 is 5.60 Å². The van der Waals surface area contributed by atoms with E-state index in [4.69, 9.17) is 11.6 Å². The molecule has 0 heterocycles. The maximum Gasteiger partial charge on any atom is 0.142 e.